The summed E-state index contributed by atoms with van der Waals surface area (Å²) < 4.78 is 0. The molecule has 0 N–H and O–H groups in total. The van der Waals surface area contributed by atoms with Gasteiger partial charge in [-0.3, -0.25) is 0 Å². The monoisotopic (exact) mass is 189 g/mol. The normalized spacial score (nSPS) is 32.2. The lowest BCUT2D eigenvalue weighted by molar-refractivity contribution is 0.194. The molecule has 0 bridgehead atoms. The third-order valence-electron chi connectivity index (χ3n) is 2.78. The van der Waals surface area contributed by atoms with E-state index >= 15 is 0 Å². The highest BCUT2D eigenvalue weighted by molar-refractivity contribution is 6.21. The first-order chi connectivity index (χ1) is 5.74. The summed E-state index contributed by atoms with van der Waals surface area (Å²) in [7, 11) is 0. The van der Waals surface area contributed by atoms with Crippen molar-refractivity contribution < 1.29 is 0 Å². The number of unbranched alkanes of at least 4 members (excludes halogenated alkanes) is 1. The summed E-state index contributed by atoms with van der Waals surface area (Å²) in [6.07, 6.45) is 3.88. The summed E-state index contributed by atoms with van der Waals surface area (Å²) >= 11 is 6.20. The van der Waals surface area contributed by atoms with E-state index in [1.54, 1.807) is 0 Å². The first-order valence-electron chi connectivity index (χ1n) is 5.10. The lowest BCUT2D eigenvalue weighted by atomic mass is 9.98. The summed E-state index contributed by atoms with van der Waals surface area (Å²) in [5, 5.41) is 0.385. The van der Waals surface area contributed by atoms with E-state index in [-0.39, 0.29) is 0 Å². The SMILES string of the molecule is CCCCN1CC[C@@H](C)[C@H](Cl)C1. The van der Waals surface area contributed by atoms with E-state index in [4.69, 9.17) is 11.6 Å². The molecule has 1 nitrogen and oxygen atoms in total. The van der Waals surface area contributed by atoms with Gasteiger partial charge in [0.2, 0.25) is 0 Å². The Balaban J connectivity index is 2.21. The third-order valence-corrected chi connectivity index (χ3v) is 3.35. The molecular weight excluding hydrogens is 170 g/mol. The van der Waals surface area contributed by atoms with Gasteiger partial charge in [-0.2, -0.15) is 0 Å². The van der Waals surface area contributed by atoms with Gasteiger partial charge in [0, 0.05) is 11.9 Å². The van der Waals surface area contributed by atoms with Crippen molar-refractivity contribution >= 4 is 11.6 Å². The first kappa shape index (κ1) is 10.3. The van der Waals surface area contributed by atoms with Crippen molar-refractivity contribution in [3.63, 3.8) is 0 Å². The molecule has 1 saturated heterocycles. The molecule has 1 heterocycles. The number of halogens is 1. The zero-order valence-corrected chi connectivity index (χ0v) is 8.98. The number of nitrogens with zero attached hydrogens (tertiary/aromatic N) is 1. The van der Waals surface area contributed by atoms with Gasteiger partial charge in [0.1, 0.15) is 0 Å². The van der Waals surface area contributed by atoms with Crippen LogP contribution in [0.15, 0.2) is 0 Å². The molecule has 0 aromatic rings. The number of rotatable bonds is 3. The van der Waals surface area contributed by atoms with Crippen molar-refractivity contribution in [1.29, 1.82) is 0 Å². The van der Waals surface area contributed by atoms with Crippen LogP contribution in [-0.2, 0) is 0 Å². The number of likely N-dealkylation sites (tertiary alicyclic amines) is 1. The smallest absolute Gasteiger partial charge is 0.0489 e. The molecule has 0 aromatic heterocycles. The minimum atomic E-state index is 0.385. The highest BCUT2D eigenvalue weighted by Crippen LogP contribution is 2.21. The molecule has 2 heteroatoms. The summed E-state index contributed by atoms with van der Waals surface area (Å²) in [5.41, 5.74) is 0. The summed E-state index contributed by atoms with van der Waals surface area (Å²) in [4.78, 5) is 2.50. The molecule has 1 rings (SSSR count). The van der Waals surface area contributed by atoms with Crippen molar-refractivity contribution in [1.82, 2.24) is 4.90 Å². The maximum Gasteiger partial charge on any atom is 0.0489 e. The first-order valence-corrected chi connectivity index (χ1v) is 5.54. The molecule has 0 unspecified atom stereocenters. The third kappa shape index (κ3) is 2.95. The predicted octanol–water partition coefficient (Wildman–Crippen LogP) is 2.74. The minimum Gasteiger partial charge on any atom is -0.302 e. The molecule has 1 aliphatic heterocycles. The molecule has 2 atom stereocenters. The van der Waals surface area contributed by atoms with Crippen LogP contribution in [0.2, 0.25) is 0 Å². The van der Waals surface area contributed by atoms with E-state index in [1.807, 2.05) is 0 Å². The minimum absolute atomic E-state index is 0.385. The molecule has 1 fully saturated rings. The molecule has 0 radical (unpaired) electrons. The van der Waals surface area contributed by atoms with E-state index in [0.29, 0.717) is 11.3 Å². The summed E-state index contributed by atoms with van der Waals surface area (Å²) in [6.45, 7) is 8.10. The Hall–Kier alpha value is 0.250. The molecule has 0 saturated carbocycles. The summed E-state index contributed by atoms with van der Waals surface area (Å²) in [6, 6.07) is 0. The van der Waals surface area contributed by atoms with Gasteiger partial charge in [-0.15, -0.1) is 11.6 Å². The Morgan fingerprint density at radius 1 is 1.50 bits per heavy atom. The van der Waals surface area contributed by atoms with Crippen LogP contribution in [0, 0.1) is 5.92 Å². The van der Waals surface area contributed by atoms with Crippen LogP contribution in [0.5, 0.6) is 0 Å². The summed E-state index contributed by atoms with van der Waals surface area (Å²) in [5.74, 6) is 0.713. The Morgan fingerprint density at radius 3 is 2.83 bits per heavy atom. The zero-order chi connectivity index (χ0) is 8.97. The Bertz CT molecular complexity index is 125. The van der Waals surface area contributed by atoms with E-state index in [1.165, 1.54) is 32.4 Å². The van der Waals surface area contributed by atoms with E-state index in [2.05, 4.69) is 18.7 Å². The Kier molecular flexibility index (Phi) is 4.38. The van der Waals surface area contributed by atoms with Gasteiger partial charge in [-0.1, -0.05) is 20.3 Å². The topological polar surface area (TPSA) is 3.24 Å². The Labute approximate surface area is 81.1 Å². The van der Waals surface area contributed by atoms with Crippen LogP contribution in [0.4, 0.5) is 0 Å². The van der Waals surface area contributed by atoms with Crippen molar-refractivity contribution in [2.24, 2.45) is 5.92 Å². The fourth-order valence-electron chi connectivity index (χ4n) is 1.67. The van der Waals surface area contributed by atoms with Crippen LogP contribution in [0.1, 0.15) is 33.1 Å². The van der Waals surface area contributed by atoms with Crippen LogP contribution < -0.4 is 0 Å². The highest BCUT2D eigenvalue weighted by Gasteiger charge is 2.23. The average molecular weight is 190 g/mol. The zero-order valence-electron chi connectivity index (χ0n) is 8.22. The van der Waals surface area contributed by atoms with E-state index in [9.17, 15) is 0 Å². The number of alkyl halides is 1. The molecule has 0 spiro atoms. The van der Waals surface area contributed by atoms with Gasteiger partial charge in [0.05, 0.1) is 0 Å². The van der Waals surface area contributed by atoms with E-state index < -0.39 is 0 Å². The van der Waals surface area contributed by atoms with Gasteiger partial charge >= 0.3 is 0 Å². The predicted molar refractivity (Wildman–Crippen MR) is 54.8 cm³/mol. The van der Waals surface area contributed by atoms with Crippen LogP contribution in [0.3, 0.4) is 0 Å². The lowest BCUT2D eigenvalue weighted by Gasteiger charge is -2.33. The number of hydrogen-bond acceptors (Lipinski definition) is 1. The van der Waals surface area contributed by atoms with Gasteiger partial charge < -0.3 is 4.90 Å². The number of piperidine rings is 1. The maximum absolute atomic E-state index is 6.20. The molecule has 0 aliphatic carbocycles. The maximum atomic E-state index is 6.20. The number of hydrogen-bond donors (Lipinski definition) is 0. The quantitative estimate of drug-likeness (QED) is 0.618. The molecule has 0 amide bonds. The molecule has 72 valence electrons. The standard InChI is InChI=1S/C10H20ClN/c1-3-4-6-12-7-5-9(2)10(11)8-12/h9-10H,3-8H2,1-2H3/t9-,10-/m1/s1. The second-order valence-electron chi connectivity index (χ2n) is 3.94. The van der Waals surface area contributed by atoms with E-state index in [0.717, 1.165) is 6.54 Å². The fourth-order valence-corrected chi connectivity index (χ4v) is 1.99. The van der Waals surface area contributed by atoms with Crippen molar-refractivity contribution in [2.45, 2.75) is 38.5 Å². The van der Waals surface area contributed by atoms with Crippen molar-refractivity contribution in [3.8, 4) is 0 Å². The van der Waals surface area contributed by atoms with Crippen LogP contribution in [-0.4, -0.2) is 29.9 Å². The van der Waals surface area contributed by atoms with Gasteiger partial charge in [0.25, 0.3) is 0 Å². The fraction of sp³-hybridized carbons (Fsp3) is 1.00. The largest absolute Gasteiger partial charge is 0.302 e. The molecular formula is C10H20ClN. The van der Waals surface area contributed by atoms with Crippen LogP contribution >= 0.6 is 11.6 Å². The molecule has 0 aromatic carbocycles. The lowest BCUT2D eigenvalue weighted by Crippen LogP contribution is -2.40. The van der Waals surface area contributed by atoms with Crippen LogP contribution in [0.25, 0.3) is 0 Å². The average Bonchev–Trinajstić information content (AvgIpc) is 2.07. The molecule has 1 aliphatic rings. The van der Waals surface area contributed by atoms with Gasteiger partial charge in [-0.25, -0.2) is 0 Å². The Morgan fingerprint density at radius 2 is 2.25 bits per heavy atom. The second kappa shape index (κ2) is 5.08. The van der Waals surface area contributed by atoms with Gasteiger partial charge in [0.15, 0.2) is 0 Å². The highest BCUT2D eigenvalue weighted by atomic mass is 35.5. The molecule has 12 heavy (non-hydrogen) atoms. The second-order valence-corrected chi connectivity index (χ2v) is 4.50. The van der Waals surface area contributed by atoms with Crippen molar-refractivity contribution in [3.05, 3.63) is 0 Å². The van der Waals surface area contributed by atoms with Crippen molar-refractivity contribution in [2.75, 3.05) is 19.6 Å². The van der Waals surface area contributed by atoms with Gasteiger partial charge in [-0.05, 0) is 31.8 Å².